The fourth-order valence-corrected chi connectivity index (χ4v) is 2.26. The van der Waals surface area contributed by atoms with Crippen molar-refractivity contribution < 1.29 is 9.63 Å². The summed E-state index contributed by atoms with van der Waals surface area (Å²) in [5, 5.41) is 17.1. The van der Waals surface area contributed by atoms with E-state index in [1.165, 1.54) is 0 Å². The molecule has 0 atom stereocenters. The quantitative estimate of drug-likeness (QED) is 0.784. The second-order valence-corrected chi connectivity index (χ2v) is 4.65. The van der Waals surface area contributed by atoms with Crippen LogP contribution in [0.4, 0.5) is 0 Å². The molecular weight excluding hydrogens is 248 g/mol. The monoisotopic (exact) mass is 258 g/mol. The van der Waals surface area contributed by atoms with Crippen molar-refractivity contribution in [3.63, 3.8) is 0 Å². The van der Waals surface area contributed by atoms with Crippen molar-refractivity contribution in [2.24, 2.45) is 0 Å². The van der Waals surface area contributed by atoms with Crippen molar-refractivity contribution in [2.45, 2.75) is 6.42 Å². The number of aromatic nitrogens is 2. The van der Waals surface area contributed by atoms with E-state index in [0.717, 1.165) is 11.1 Å². The number of aromatic hydroxyl groups is 1. The molecule has 0 aliphatic rings. The normalized spacial score (nSPS) is 10.7. The number of rotatable bonds is 3. The van der Waals surface area contributed by atoms with E-state index in [1.54, 1.807) is 23.5 Å². The van der Waals surface area contributed by atoms with Gasteiger partial charge in [-0.2, -0.15) is 16.3 Å². The van der Waals surface area contributed by atoms with Crippen LogP contribution in [0.25, 0.3) is 11.4 Å². The Bertz CT molecular complexity index is 629. The van der Waals surface area contributed by atoms with Crippen LogP contribution in [0, 0.1) is 0 Å². The van der Waals surface area contributed by atoms with E-state index < -0.39 is 0 Å². The van der Waals surface area contributed by atoms with Gasteiger partial charge in [0, 0.05) is 10.9 Å². The zero-order valence-corrected chi connectivity index (χ0v) is 10.2. The minimum Gasteiger partial charge on any atom is -0.508 e. The molecule has 0 unspecified atom stereocenters. The highest BCUT2D eigenvalue weighted by molar-refractivity contribution is 7.08. The lowest BCUT2D eigenvalue weighted by Gasteiger charge is -1.96. The van der Waals surface area contributed by atoms with Crippen molar-refractivity contribution in [3.8, 4) is 17.1 Å². The Kier molecular flexibility index (Phi) is 2.82. The lowest BCUT2D eigenvalue weighted by atomic mass is 10.1. The Balaban J connectivity index is 1.80. The number of phenolic OH excluding ortho intramolecular Hbond substituents is 1. The van der Waals surface area contributed by atoms with Gasteiger partial charge in [-0.05, 0) is 29.1 Å². The molecule has 0 aliphatic carbocycles. The summed E-state index contributed by atoms with van der Waals surface area (Å²) in [6, 6.07) is 8.92. The Morgan fingerprint density at radius 2 is 2.00 bits per heavy atom. The van der Waals surface area contributed by atoms with Crippen LogP contribution in [-0.2, 0) is 6.42 Å². The van der Waals surface area contributed by atoms with E-state index in [2.05, 4.69) is 10.1 Å². The van der Waals surface area contributed by atoms with Gasteiger partial charge < -0.3 is 9.63 Å². The number of hydrogen-bond donors (Lipinski definition) is 1. The maximum Gasteiger partial charge on any atom is 0.231 e. The second kappa shape index (κ2) is 4.62. The molecule has 0 spiro atoms. The van der Waals surface area contributed by atoms with Gasteiger partial charge in [0.25, 0.3) is 0 Å². The van der Waals surface area contributed by atoms with Gasteiger partial charge >= 0.3 is 0 Å². The molecule has 0 saturated heterocycles. The number of nitrogens with zero attached hydrogens (tertiary/aromatic N) is 2. The lowest BCUT2D eigenvalue weighted by Crippen LogP contribution is -1.87. The predicted molar refractivity (Wildman–Crippen MR) is 68.5 cm³/mol. The molecule has 0 amide bonds. The molecular formula is C13H10N2O2S. The van der Waals surface area contributed by atoms with Crippen molar-refractivity contribution in [2.75, 3.05) is 0 Å². The van der Waals surface area contributed by atoms with Gasteiger partial charge in [-0.1, -0.05) is 17.3 Å². The van der Waals surface area contributed by atoms with Crippen LogP contribution in [0.2, 0.25) is 0 Å². The highest BCUT2D eigenvalue weighted by atomic mass is 32.1. The van der Waals surface area contributed by atoms with Crippen LogP contribution in [0.3, 0.4) is 0 Å². The molecule has 0 aliphatic heterocycles. The highest BCUT2D eigenvalue weighted by Crippen LogP contribution is 2.20. The lowest BCUT2D eigenvalue weighted by molar-refractivity contribution is 0.385. The fraction of sp³-hybridized carbons (Fsp3) is 0.0769. The zero-order valence-electron chi connectivity index (χ0n) is 9.41. The van der Waals surface area contributed by atoms with Gasteiger partial charge in [0.05, 0.1) is 6.42 Å². The molecule has 2 heterocycles. The van der Waals surface area contributed by atoms with Crippen LogP contribution in [0.1, 0.15) is 11.5 Å². The Labute approximate surface area is 108 Å². The Morgan fingerprint density at radius 1 is 1.17 bits per heavy atom. The number of thiophene rings is 1. The van der Waals surface area contributed by atoms with Gasteiger partial charge in [-0.15, -0.1) is 0 Å². The molecule has 90 valence electrons. The third kappa shape index (κ3) is 2.26. The highest BCUT2D eigenvalue weighted by Gasteiger charge is 2.09. The molecule has 3 aromatic rings. The summed E-state index contributed by atoms with van der Waals surface area (Å²) in [4.78, 5) is 4.34. The topological polar surface area (TPSA) is 59.2 Å². The largest absolute Gasteiger partial charge is 0.508 e. The molecule has 2 aromatic heterocycles. The molecule has 1 N–H and O–H groups in total. The first-order chi connectivity index (χ1) is 8.81. The molecule has 0 bridgehead atoms. The van der Waals surface area contributed by atoms with Crippen LogP contribution >= 0.6 is 11.3 Å². The average Bonchev–Trinajstić information content (AvgIpc) is 3.02. The van der Waals surface area contributed by atoms with Crippen molar-refractivity contribution >= 4 is 11.3 Å². The van der Waals surface area contributed by atoms with Gasteiger partial charge in [-0.3, -0.25) is 0 Å². The van der Waals surface area contributed by atoms with Crippen LogP contribution < -0.4 is 0 Å². The van der Waals surface area contributed by atoms with Crippen LogP contribution in [0.5, 0.6) is 5.75 Å². The summed E-state index contributed by atoms with van der Waals surface area (Å²) in [5.74, 6) is 1.44. The minimum atomic E-state index is 0.253. The average molecular weight is 258 g/mol. The summed E-state index contributed by atoms with van der Waals surface area (Å²) in [6.07, 6.45) is 0.567. The van der Waals surface area contributed by atoms with Crippen LogP contribution in [0.15, 0.2) is 45.6 Å². The summed E-state index contributed by atoms with van der Waals surface area (Å²) in [6.45, 7) is 0. The third-order valence-electron chi connectivity index (χ3n) is 2.54. The number of phenols is 1. The molecule has 4 nitrogen and oxygen atoms in total. The third-order valence-corrected chi connectivity index (χ3v) is 3.22. The predicted octanol–water partition coefficient (Wildman–Crippen LogP) is 3.09. The van der Waals surface area contributed by atoms with Gasteiger partial charge in [0.2, 0.25) is 11.7 Å². The van der Waals surface area contributed by atoms with Gasteiger partial charge in [-0.25, -0.2) is 0 Å². The minimum absolute atomic E-state index is 0.253. The first-order valence-electron chi connectivity index (χ1n) is 5.44. The van der Waals surface area contributed by atoms with E-state index in [9.17, 15) is 5.11 Å². The van der Waals surface area contributed by atoms with Crippen molar-refractivity contribution in [1.29, 1.82) is 0 Å². The number of benzene rings is 1. The summed E-state index contributed by atoms with van der Waals surface area (Å²) < 4.78 is 5.20. The SMILES string of the molecule is Oc1ccc(Cc2nc(-c3ccsc3)no2)cc1. The second-order valence-electron chi connectivity index (χ2n) is 3.87. The van der Waals surface area contributed by atoms with Gasteiger partial charge in [0.1, 0.15) is 5.75 Å². The first-order valence-corrected chi connectivity index (χ1v) is 6.38. The molecule has 0 radical (unpaired) electrons. The van der Waals surface area contributed by atoms with E-state index in [1.807, 2.05) is 29.0 Å². The van der Waals surface area contributed by atoms with E-state index in [4.69, 9.17) is 4.52 Å². The Hall–Kier alpha value is -2.14. The zero-order chi connectivity index (χ0) is 12.4. The summed E-state index contributed by atoms with van der Waals surface area (Å²) in [5.41, 5.74) is 1.99. The van der Waals surface area contributed by atoms with Gasteiger partial charge in [0.15, 0.2) is 0 Å². The fourth-order valence-electron chi connectivity index (χ4n) is 1.62. The van der Waals surface area contributed by atoms with Crippen LogP contribution in [-0.4, -0.2) is 15.2 Å². The van der Waals surface area contributed by atoms with E-state index >= 15 is 0 Å². The maximum absolute atomic E-state index is 9.20. The molecule has 5 heteroatoms. The molecule has 0 saturated carbocycles. The summed E-state index contributed by atoms with van der Waals surface area (Å²) in [7, 11) is 0. The standard InChI is InChI=1S/C13H10N2O2S/c16-11-3-1-9(2-4-11)7-12-14-13(15-17-12)10-5-6-18-8-10/h1-6,8,16H,7H2. The van der Waals surface area contributed by atoms with Crippen molar-refractivity contribution in [1.82, 2.24) is 10.1 Å². The van der Waals surface area contributed by atoms with Crippen molar-refractivity contribution in [3.05, 3.63) is 52.5 Å². The van der Waals surface area contributed by atoms with E-state index in [0.29, 0.717) is 18.1 Å². The molecule has 1 aromatic carbocycles. The smallest absolute Gasteiger partial charge is 0.231 e. The summed E-state index contributed by atoms with van der Waals surface area (Å²) >= 11 is 1.60. The first kappa shape index (κ1) is 11.0. The molecule has 18 heavy (non-hydrogen) atoms. The molecule has 3 rings (SSSR count). The maximum atomic E-state index is 9.20. The Morgan fingerprint density at radius 3 is 2.72 bits per heavy atom. The van der Waals surface area contributed by atoms with E-state index in [-0.39, 0.29) is 5.75 Å². The number of hydrogen-bond acceptors (Lipinski definition) is 5. The molecule has 0 fully saturated rings.